The number of methoxy groups -OCH3 is 1. The zero-order valence-corrected chi connectivity index (χ0v) is 12.1. The van der Waals surface area contributed by atoms with Gasteiger partial charge in [-0.15, -0.1) is 0 Å². The molecule has 23 heavy (non-hydrogen) atoms. The van der Waals surface area contributed by atoms with E-state index in [0.29, 0.717) is 11.3 Å². The normalized spacial score (nSPS) is 11.5. The van der Waals surface area contributed by atoms with Gasteiger partial charge >= 0.3 is 6.18 Å². The molecule has 0 radical (unpaired) electrons. The molecule has 0 aliphatic heterocycles. The highest BCUT2D eigenvalue weighted by Gasteiger charge is 2.30. The van der Waals surface area contributed by atoms with Gasteiger partial charge in [-0.1, -0.05) is 12.1 Å². The van der Waals surface area contributed by atoms with Crippen molar-refractivity contribution in [2.75, 3.05) is 7.11 Å². The van der Waals surface area contributed by atoms with Gasteiger partial charge in [0, 0.05) is 5.56 Å². The van der Waals surface area contributed by atoms with Crippen molar-refractivity contribution in [3.63, 3.8) is 0 Å². The maximum Gasteiger partial charge on any atom is 0.416 e. The van der Waals surface area contributed by atoms with E-state index in [1.165, 1.54) is 19.2 Å². The zero-order chi connectivity index (χ0) is 16.9. The van der Waals surface area contributed by atoms with Crippen LogP contribution in [0.4, 0.5) is 13.2 Å². The molecule has 0 atom stereocenters. The maximum absolute atomic E-state index is 12.6. The summed E-state index contributed by atoms with van der Waals surface area (Å²) in [6, 6.07) is 11.0. The number of halogens is 3. The molecule has 1 N–H and O–H groups in total. The Hall–Kier alpha value is -2.83. The first-order valence-electron chi connectivity index (χ1n) is 6.55. The van der Waals surface area contributed by atoms with Gasteiger partial charge in [-0.25, -0.2) is 5.43 Å². The van der Waals surface area contributed by atoms with Crippen LogP contribution in [0, 0.1) is 0 Å². The summed E-state index contributed by atoms with van der Waals surface area (Å²) in [4.78, 5) is 11.8. The molecule has 0 saturated carbocycles. The van der Waals surface area contributed by atoms with Crippen LogP contribution >= 0.6 is 0 Å². The molecule has 2 rings (SSSR count). The van der Waals surface area contributed by atoms with Crippen LogP contribution in [0.2, 0.25) is 0 Å². The van der Waals surface area contributed by atoms with Gasteiger partial charge in [-0.05, 0) is 42.0 Å². The van der Waals surface area contributed by atoms with Crippen LogP contribution in [0.3, 0.4) is 0 Å². The minimum Gasteiger partial charge on any atom is -0.497 e. The van der Waals surface area contributed by atoms with E-state index in [2.05, 4.69) is 10.5 Å². The molecule has 1 amide bonds. The molecule has 2 aromatic rings. The van der Waals surface area contributed by atoms with Crippen LogP contribution in [0.5, 0.6) is 5.75 Å². The Morgan fingerprint density at radius 3 is 2.48 bits per heavy atom. The summed E-state index contributed by atoms with van der Waals surface area (Å²) in [5, 5.41) is 3.66. The molecule has 0 spiro atoms. The Bertz CT molecular complexity index is 710. The lowest BCUT2D eigenvalue weighted by molar-refractivity contribution is -0.137. The number of hydrazone groups is 1. The highest BCUT2D eigenvalue weighted by molar-refractivity contribution is 5.95. The van der Waals surface area contributed by atoms with E-state index in [1.807, 2.05) is 0 Å². The smallest absolute Gasteiger partial charge is 0.416 e. The van der Waals surface area contributed by atoms with Gasteiger partial charge in [-0.2, -0.15) is 18.3 Å². The topological polar surface area (TPSA) is 50.7 Å². The lowest BCUT2D eigenvalue weighted by atomic mass is 10.1. The highest BCUT2D eigenvalue weighted by Crippen LogP contribution is 2.29. The van der Waals surface area contributed by atoms with Gasteiger partial charge in [0.2, 0.25) is 0 Å². The van der Waals surface area contributed by atoms with Crippen molar-refractivity contribution >= 4 is 12.1 Å². The number of rotatable bonds is 4. The standard InChI is InChI=1S/C16H13F3N2O2/c1-23-14-7-5-12(6-8-14)15(22)21-20-10-11-3-2-4-13(9-11)16(17,18)19/h2-10H,1H3,(H,21,22)/b20-10+. The summed E-state index contributed by atoms with van der Waals surface area (Å²) < 4.78 is 42.7. The average Bonchev–Trinajstić information content (AvgIpc) is 2.54. The average molecular weight is 322 g/mol. The number of carbonyl (C=O) groups excluding carboxylic acids is 1. The molecule has 0 unspecified atom stereocenters. The number of nitrogens with zero attached hydrogens (tertiary/aromatic N) is 1. The van der Waals surface area contributed by atoms with Crippen LogP contribution in [0.25, 0.3) is 0 Å². The summed E-state index contributed by atoms with van der Waals surface area (Å²) in [7, 11) is 1.51. The Kier molecular flexibility index (Phi) is 5.00. The molecule has 120 valence electrons. The fourth-order valence-corrected chi connectivity index (χ4v) is 1.77. The number of carbonyl (C=O) groups is 1. The molecule has 0 saturated heterocycles. The molecule has 2 aromatic carbocycles. The lowest BCUT2D eigenvalue weighted by Gasteiger charge is -2.06. The molecule has 0 bridgehead atoms. The third kappa shape index (κ3) is 4.57. The number of hydrogen-bond donors (Lipinski definition) is 1. The molecule has 0 aliphatic rings. The fourth-order valence-electron chi connectivity index (χ4n) is 1.77. The maximum atomic E-state index is 12.6. The predicted octanol–water partition coefficient (Wildman–Crippen LogP) is 3.48. The number of alkyl halides is 3. The van der Waals surface area contributed by atoms with Crippen LogP contribution in [-0.2, 0) is 6.18 Å². The molecular formula is C16H13F3N2O2. The minimum absolute atomic E-state index is 0.231. The lowest BCUT2D eigenvalue weighted by Crippen LogP contribution is -2.17. The van der Waals surface area contributed by atoms with E-state index >= 15 is 0 Å². The monoisotopic (exact) mass is 322 g/mol. The second-order valence-electron chi connectivity index (χ2n) is 4.55. The van der Waals surface area contributed by atoms with Gasteiger partial charge in [0.1, 0.15) is 5.75 Å². The summed E-state index contributed by atoms with van der Waals surface area (Å²) in [6.07, 6.45) is -3.27. The van der Waals surface area contributed by atoms with Crippen molar-refractivity contribution in [1.82, 2.24) is 5.43 Å². The zero-order valence-electron chi connectivity index (χ0n) is 12.1. The third-order valence-electron chi connectivity index (χ3n) is 2.95. The van der Waals surface area contributed by atoms with Crippen LogP contribution < -0.4 is 10.2 Å². The van der Waals surface area contributed by atoms with Crippen LogP contribution in [0.15, 0.2) is 53.6 Å². The Morgan fingerprint density at radius 1 is 1.17 bits per heavy atom. The van der Waals surface area contributed by atoms with Crippen molar-refractivity contribution in [2.24, 2.45) is 5.10 Å². The molecule has 0 heterocycles. The second kappa shape index (κ2) is 6.95. The van der Waals surface area contributed by atoms with Crippen molar-refractivity contribution in [2.45, 2.75) is 6.18 Å². The number of amides is 1. The van der Waals surface area contributed by atoms with E-state index in [-0.39, 0.29) is 5.56 Å². The number of nitrogens with one attached hydrogen (secondary N) is 1. The van der Waals surface area contributed by atoms with E-state index in [4.69, 9.17) is 4.74 Å². The number of ether oxygens (including phenoxy) is 1. The molecular weight excluding hydrogens is 309 g/mol. The third-order valence-corrected chi connectivity index (χ3v) is 2.95. The number of benzene rings is 2. The second-order valence-corrected chi connectivity index (χ2v) is 4.55. The predicted molar refractivity (Wildman–Crippen MR) is 79.5 cm³/mol. The van der Waals surface area contributed by atoms with Crippen molar-refractivity contribution in [3.05, 3.63) is 65.2 Å². The Morgan fingerprint density at radius 2 is 1.87 bits per heavy atom. The Labute approximate surface area is 130 Å². The largest absolute Gasteiger partial charge is 0.497 e. The molecule has 0 fully saturated rings. The molecule has 4 nitrogen and oxygen atoms in total. The number of hydrogen-bond acceptors (Lipinski definition) is 3. The van der Waals surface area contributed by atoms with E-state index < -0.39 is 17.6 Å². The first kappa shape index (κ1) is 16.5. The van der Waals surface area contributed by atoms with Gasteiger partial charge in [0.15, 0.2) is 0 Å². The van der Waals surface area contributed by atoms with E-state index in [1.54, 1.807) is 24.3 Å². The Balaban J connectivity index is 2.02. The van der Waals surface area contributed by atoms with Gasteiger partial charge in [-0.3, -0.25) is 4.79 Å². The van der Waals surface area contributed by atoms with Gasteiger partial charge < -0.3 is 4.74 Å². The first-order valence-corrected chi connectivity index (χ1v) is 6.55. The fraction of sp³-hybridized carbons (Fsp3) is 0.125. The van der Waals surface area contributed by atoms with Crippen LogP contribution in [-0.4, -0.2) is 19.2 Å². The van der Waals surface area contributed by atoms with Crippen molar-refractivity contribution in [3.8, 4) is 5.75 Å². The summed E-state index contributed by atoms with van der Waals surface area (Å²) >= 11 is 0. The molecule has 7 heteroatoms. The first-order chi connectivity index (χ1) is 10.9. The summed E-state index contributed by atoms with van der Waals surface area (Å²) in [5.74, 6) is 0.130. The van der Waals surface area contributed by atoms with Crippen molar-refractivity contribution in [1.29, 1.82) is 0 Å². The quantitative estimate of drug-likeness (QED) is 0.692. The summed E-state index contributed by atoms with van der Waals surface area (Å²) in [6.45, 7) is 0. The van der Waals surface area contributed by atoms with Gasteiger partial charge in [0.05, 0.1) is 18.9 Å². The minimum atomic E-state index is -4.42. The SMILES string of the molecule is COc1ccc(C(=O)N/N=C/c2cccc(C(F)(F)F)c2)cc1. The molecule has 0 aromatic heterocycles. The van der Waals surface area contributed by atoms with Crippen LogP contribution in [0.1, 0.15) is 21.5 Å². The van der Waals surface area contributed by atoms with E-state index in [0.717, 1.165) is 18.3 Å². The summed E-state index contributed by atoms with van der Waals surface area (Å²) in [5.41, 5.74) is 2.06. The van der Waals surface area contributed by atoms with Crippen molar-refractivity contribution < 1.29 is 22.7 Å². The van der Waals surface area contributed by atoms with Gasteiger partial charge in [0.25, 0.3) is 5.91 Å². The van der Waals surface area contributed by atoms with E-state index in [9.17, 15) is 18.0 Å². The highest BCUT2D eigenvalue weighted by atomic mass is 19.4. The molecule has 0 aliphatic carbocycles.